The van der Waals surface area contributed by atoms with Crippen molar-refractivity contribution >= 4 is 9.84 Å². The van der Waals surface area contributed by atoms with Gasteiger partial charge in [0.2, 0.25) is 21.6 Å². The first-order valence-electron chi connectivity index (χ1n) is 8.09. The smallest absolute Gasteiger partial charge is 0.267 e. The predicted octanol–water partition coefficient (Wildman–Crippen LogP) is 2.02. The van der Waals surface area contributed by atoms with E-state index in [-0.39, 0.29) is 17.0 Å². The number of sulfone groups is 1. The minimum atomic E-state index is -3.76. The van der Waals surface area contributed by atoms with Crippen LogP contribution in [-0.2, 0) is 15.6 Å². The summed E-state index contributed by atoms with van der Waals surface area (Å²) in [7, 11) is -2.18. The number of hydrogen-bond donors (Lipinski definition) is 1. The summed E-state index contributed by atoms with van der Waals surface area (Å²) in [6.07, 6.45) is 2.00. The molecule has 1 N–H and O–H groups in total. The molecule has 1 aliphatic carbocycles. The summed E-state index contributed by atoms with van der Waals surface area (Å²) >= 11 is 0. The van der Waals surface area contributed by atoms with Crippen LogP contribution in [-0.4, -0.2) is 40.8 Å². The second kappa shape index (κ2) is 6.20. The zero-order valence-corrected chi connectivity index (χ0v) is 15.1. The summed E-state index contributed by atoms with van der Waals surface area (Å²) in [5, 5.41) is 10.1. The molecule has 1 fully saturated rings. The highest BCUT2D eigenvalue weighted by Crippen LogP contribution is 2.38. The maximum absolute atomic E-state index is 12.5. The van der Waals surface area contributed by atoms with E-state index in [4.69, 9.17) is 9.26 Å². The van der Waals surface area contributed by atoms with Gasteiger partial charge in [0, 0.05) is 11.5 Å². The number of rotatable bonds is 6. The van der Waals surface area contributed by atoms with Crippen molar-refractivity contribution in [1.82, 2.24) is 25.3 Å². The summed E-state index contributed by atoms with van der Waals surface area (Å²) in [6.45, 7) is 1.92. The lowest BCUT2D eigenvalue weighted by atomic mass is 10.1. The number of aromatic amines is 1. The molecule has 0 bridgehead atoms. The Hall–Kier alpha value is -2.75. The summed E-state index contributed by atoms with van der Waals surface area (Å²) in [5.74, 6) is 1.42. The van der Waals surface area contributed by atoms with Crippen LogP contribution in [0.25, 0.3) is 11.4 Å². The molecule has 4 rings (SSSR count). The Morgan fingerprint density at radius 2 is 2.12 bits per heavy atom. The summed E-state index contributed by atoms with van der Waals surface area (Å²) < 4.78 is 35.3. The topological polar surface area (TPSA) is 124 Å². The fourth-order valence-corrected chi connectivity index (χ4v) is 3.55. The van der Waals surface area contributed by atoms with Crippen molar-refractivity contribution in [1.29, 1.82) is 0 Å². The molecular formula is C16H17N5O4S. The summed E-state index contributed by atoms with van der Waals surface area (Å²) in [4.78, 5) is 8.25. The minimum absolute atomic E-state index is 0.0164. The second-order valence-electron chi connectivity index (χ2n) is 6.23. The molecule has 1 saturated carbocycles. The first kappa shape index (κ1) is 16.7. The van der Waals surface area contributed by atoms with Gasteiger partial charge < -0.3 is 9.26 Å². The molecule has 9 nitrogen and oxygen atoms in total. The van der Waals surface area contributed by atoms with Gasteiger partial charge >= 0.3 is 0 Å². The molecule has 2 heterocycles. The average Bonchev–Trinajstić information content (AvgIpc) is 3.15. The monoisotopic (exact) mass is 375 g/mol. The van der Waals surface area contributed by atoms with E-state index in [2.05, 4.69) is 25.3 Å². The number of nitrogens with one attached hydrogen (secondary N) is 1. The van der Waals surface area contributed by atoms with Crippen molar-refractivity contribution in [2.75, 3.05) is 7.11 Å². The Labute approximate surface area is 149 Å². The van der Waals surface area contributed by atoms with Gasteiger partial charge in [-0.05, 0) is 31.4 Å². The third-order valence-corrected chi connectivity index (χ3v) is 5.54. The largest absolute Gasteiger partial charge is 0.496 e. The molecule has 136 valence electrons. The highest BCUT2D eigenvalue weighted by atomic mass is 32.2. The molecule has 2 aromatic heterocycles. The number of aryl methyl sites for hydroxylation is 1. The van der Waals surface area contributed by atoms with Crippen molar-refractivity contribution in [3.63, 3.8) is 0 Å². The molecule has 26 heavy (non-hydrogen) atoms. The van der Waals surface area contributed by atoms with Crippen LogP contribution in [0, 0.1) is 6.92 Å². The highest BCUT2D eigenvalue weighted by Gasteiger charge is 2.30. The number of ether oxygens (including phenoxy) is 1. The van der Waals surface area contributed by atoms with Gasteiger partial charge in [0.25, 0.3) is 5.16 Å². The molecule has 1 aliphatic rings. The van der Waals surface area contributed by atoms with Gasteiger partial charge in [-0.1, -0.05) is 17.3 Å². The van der Waals surface area contributed by atoms with E-state index >= 15 is 0 Å². The Balaban J connectivity index is 1.55. The predicted molar refractivity (Wildman–Crippen MR) is 90.3 cm³/mol. The molecule has 0 atom stereocenters. The lowest BCUT2D eigenvalue weighted by Crippen LogP contribution is -2.07. The first-order chi connectivity index (χ1) is 12.5. The maximum Gasteiger partial charge on any atom is 0.267 e. The Bertz CT molecular complexity index is 1050. The van der Waals surface area contributed by atoms with Crippen LogP contribution in [0.3, 0.4) is 0 Å². The third-order valence-electron chi connectivity index (χ3n) is 4.17. The maximum atomic E-state index is 12.5. The van der Waals surface area contributed by atoms with Crippen LogP contribution in [0.1, 0.15) is 36.0 Å². The van der Waals surface area contributed by atoms with Crippen LogP contribution < -0.4 is 4.74 Å². The van der Waals surface area contributed by atoms with Crippen molar-refractivity contribution in [2.24, 2.45) is 0 Å². The summed E-state index contributed by atoms with van der Waals surface area (Å²) in [6, 6.07) is 5.46. The van der Waals surface area contributed by atoms with E-state index in [1.54, 1.807) is 13.2 Å². The Kier molecular flexibility index (Phi) is 3.98. The number of benzene rings is 1. The molecule has 10 heteroatoms. The highest BCUT2D eigenvalue weighted by molar-refractivity contribution is 7.90. The van der Waals surface area contributed by atoms with Gasteiger partial charge in [-0.2, -0.15) is 4.98 Å². The molecule has 0 unspecified atom stereocenters. The van der Waals surface area contributed by atoms with Crippen LogP contribution >= 0.6 is 0 Å². The van der Waals surface area contributed by atoms with Gasteiger partial charge in [0.1, 0.15) is 17.3 Å². The van der Waals surface area contributed by atoms with Crippen molar-refractivity contribution in [2.45, 2.75) is 36.6 Å². The van der Waals surface area contributed by atoms with E-state index in [1.165, 1.54) is 0 Å². The summed E-state index contributed by atoms with van der Waals surface area (Å²) in [5.41, 5.74) is 1.65. The van der Waals surface area contributed by atoms with Gasteiger partial charge in [-0.15, -0.1) is 5.10 Å². The van der Waals surface area contributed by atoms with Crippen LogP contribution in [0.15, 0.2) is 27.9 Å². The van der Waals surface area contributed by atoms with E-state index in [0.29, 0.717) is 23.0 Å². The van der Waals surface area contributed by atoms with E-state index < -0.39 is 15.6 Å². The Morgan fingerprint density at radius 3 is 2.85 bits per heavy atom. The van der Waals surface area contributed by atoms with Crippen LogP contribution in [0.2, 0.25) is 0 Å². The first-order valence-corrected chi connectivity index (χ1v) is 9.74. The normalized spacial score (nSPS) is 14.5. The second-order valence-corrected chi connectivity index (χ2v) is 8.12. The Morgan fingerprint density at radius 1 is 1.31 bits per heavy atom. The minimum Gasteiger partial charge on any atom is -0.496 e. The number of hydrogen-bond acceptors (Lipinski definition) is 8. The van der Waals surface area contributed by atoms with Crippen LogP contribution in [0.5, 0.6) is 5.75 Å². The van der Waals surface area contributed by atoms with Gasteiger partial charge in [-0.3, -0.25) is 5.10 Å². The molecule has 0 spiro atoms. The number of aromatic nitrogens is 5. The number of methoxy groups -OCH3 is 1. The molecule has 0 amide bonds. The van der Waals surface area contributed by atoms with E-state index in [0.717, 1.165) is 18.4 Å². The quantitative estimate of drug-likeness (QED) is 0.694. The number of H-pyrrole nitrogens is 1. The third kappa shape index (κ3) is 3.19. The molecule has 0 aliphatic heterocycles. The SMILES string of the molecule is COc1cc(-c2noc(CS(=O)(=O)c3n[nH]c(C4CC4)n3)n2)ccc1C. The molecule has 3 aromatic rings. The standard InChI is InChI=1S/C16H17N5O4S/c1-9-3-4-11(7-12(9)24-2)15-17-13(25-21-15)8-26(22,23)16-18-14(19-20-16)10-5-6-10/h3-4,7,10H,5-6,8H2,1-2H3,(H,18,19,20). The van der Waals surface area contributed by atoms with Crippen molar-refractivity contribution < 1.29 is 17.7 Å². The lowest BCUT2D eigenvalue weighted by molar-refractivity contribution is 0.389. The molecule has 0 saturated heterocycles. The lowest BCUT2D eigenvalue weighted by Gasteiger charge is -2.04. The van der Waals surface area contributed by atoms with Crippen molar-refractivity contribution in [3.8, 4) is 17.1 Å². The molecular weight excluding hydrogens is 358 g/mol. The zero-order chi connectivity index (χ0) is 18.3. The average molecular weight is 375 g/mol. The number of nitrogens with zero attached hydrogens (tertiary/aromatic N) is 4. The van der Waals surface area contributed by atoms with Crippen molar-refractivity contribution in [3.05, 3.63) is 35.5 Å². The van der Waals surface area contributed by atoms with E-state index in [1.807, 2.05) is 19.1 Å². The molecule has 0 radical (unpaired) electrons. The van der Waals surface area contributed by atoms with Gasteiger partial charge in [-0.25, -0.2) is 13.4 Å². The fourth-order valence-electron chi connectivity index (χ4n) is 2.55. The van der Waals surface area contributed by atoms with Gasteiger partial charge in [0.05, 0.1) is 7.11 Å². The zero-order valence-electron chi connectivity index (χ0n) is 14.3. The van der Waals surface area contributed by atoms with Gasteiger partial charge in [0.15, 0.2) is 0 Å². The van der Waals surface area contributed by atoms with Crippen LogP contribution in [0.4, 0.5) is 0 Å². The fraction of sp³-hybridized carbons (Fsp3) is 0.375. The van der Waals surface area contributed by atoms with E-state index in [9.17, 15) is 8.42 Å². The molecule has 1 aromatic carbocycles.